The zero-order valence-corrected chi connectivity index (χ0v) is 10.8. The molecule has 2 aromatic heterocycles. The SMILES string of the molecule is N#Cc1cc2onc(C(=O)c3cccs3)c2cc1C#N. The molecule has 0 saturated carbocycles. The number of benzene rings is 1. The van der Waals surface area contributed by atoms with Crippen molar-refractivity contribution in [3.63, 3.8) is 0 Å². The lowest BCUT2D eigenvalue weighted by molar-refractivity contribution is 0.103. The first-order valence-corrected chi connectivity index (χ1v) is 6.44. The topological polar surface area (TPSA) is 90.7 Å². The Morgan fingerprint density at radius 2 is 2.00 bits per heavy atom. The van der Waals surface area contributed by atoms with Gasteiger partial charge in [-0.15, -0.1) is 11.3 Å². The highest BCUT2D eigenvalue weighted by atomic mass is 32.1. The van der Waals surface area contributed by atoms with Gasteiger partial charge in [0.15, 0.2) is 11.3 Å². The van der Waals surface area contributed by atoms with E-state index in [0.717, 1.165) is 0 Å². The van der Waals surface area contributed by atoms with Crippen LogP contribution in [0.2, 0.25) is 0 Å². The molecule has 0 amide bonds. The number of carbonyl (C=O) groups is 1. The van der Waals surface area contributed by atoms with E-state index < -0.39 is 0 Å². The fraction of sp³-hybridized carbons (Fsp3) is 0. The van der Waals surface area contributed by atoms with Gasteiger partial charge in [-0.25, -0.2) is 0 Å². The minimum Gasteiger partial charge on any atom is -0.355 e. The minimum atomic E-state index is -0.257. The highest BCUT2D eigenvalue weighted by Gasteiger charge is 2.20. The monoisotopic (exact) mass is 279 g/mol. The minimum absolute atomic E-state index is 0.156. The van der Waals surface area contributed by atoms with Gasteiger partial charge in [-0.3, -0.25) is 4.79 Å². The Labute approximate surface area is 117 Å². The maximum atomic E-state index is 12.3. The van der Waals surface area contributed by atoms with Crippen LogP contribution in [-0.4, -0.2) is 10.9 Å². The van der Waals surface area contributed by atoms with E-state index in [0.29, 0.717) is 15.8 Å². The van der Waals surface area contributed by atoms with Crippen molar-refractivity contribution in [1.82, 2.24) is 5.16 Å². The van der Waals surface area contributed by atoms with Crippen LogP contribution in [-0.2, 0) is 0 Å². The van der Waals surface area contributed by atoms with Crippen molar-refractivity contribution in [3.05, 3.63) is 51.3 Å². The lowest BCUT2D eigenvalue weighted by Gasteiger charge is -1.95. The number of hydrogen-bond acceptors (Lipinski definition) is 6. The number of ketones is 1. The summed E-state index contributed by atoms with van der Waals surface area (Å²) in [5.74, 6) is -0.257. The second kappa shape index (κ2) is 4.61. The summed E-state index contributed by atoms with van der Waals surface area (Å²) in [5, 5.41) is 24.0. The zero-order valence-electron chi connectivity index (χ0n) is 9.95. The van der Waals surface area contributed by atoms with Gasteiger partial charge in [-0.2, -0.15) is 10.5 Å². The van der Waals surface area contributed by atoms with Crippen LogP contribution in [0.5, 0.6) is 0 Å². The van der Waals surface area contributed by atoms with Crippen LogP contribution in [0, 0.1) is 22.7 Å². The first kappa shape index (κ1) is 12.1. The predicted octanol–water partition coefficient (Wildman–Crippen LogP) is 2.86. The second-order valence-corrected chi connectivity index (χ2v) is 4.90. The molecule has 3 aromatic rings. The average molecular weight is 279 g/mol. The number of carbonyl (C=O) groups excluding carboxylic acids is 1. The van der Waals surface area contributed by atoms with Gasteiger partial charge in [0.2, 0.25) is 5.78 Å². The van der Waals surface area contributed by atoms with E-state index in [9.17, 15) is 4.79 Å². The standard InChI is InChI=1S/C14H5N3O2S/c15-6-8-4-10-11(5-9(8)7-16)19-17-13(10)14(18)12-2-1-3-20-12/h1-5H. The van der Waals surface area contributed by atoms with E-state index in [-0.39, 0.29) is 22.6 Å². The maximum absolute atomic E-state index is 12.3. The second-order valence-electron chi connectivity index (χ2n) is 3.96. The predicted molar refractivity (Wildman–Crippen MR) is 71.2 cm³/mol. The van der Waals surface area contributed by atoms with Gasteiger partial charge >= 0.3 is 0 Å². The molecular weight excluding hydrogens is 274 g/mol. The maximum Gasteiger partial charge on any atom is 0.225 e. The summed E-state index contributed by atoms with van der Waals surface area (Å²) >= 11 is 1.31. The molecule has 3 rings (SSSR count). The van der Waals surface area contributed by atoms with Crippen molar-refractivity contribution >= 4 is 28.1 Å². The summed E-state index contributed by atoms with van der Waals surface area (Å²) in [7, 11) is 0. The van der Waals surface area contributed by atoms with E-state index in [2.05, 4.69) is 5.16 Å². The summed E-state index contributed by atoms with van der Waals surface area (Å²) < 4.78 is 5.08. The molecule has 2 heterocycles. The van der Waals surface area contributed by atoms with Crippen LogP contribution in [0.15, 0.2) is 34.2 Å². The summed E-state index contributed by atoms with van der Waals surface area (Å²) in [6.07, 6.45) is 0. The van der Waals surface area contributed by atoms with Gasteiger partial charge in [0.05, 0.1) is 21.4 Å². The van der Waals surface area contributed by atoms with Crippen LogP contribution in [0.25, 0.3) is 11.0 Å². The van der Waals surface area contributed by atoms with Crippen LogP contribution in [0.3, 0.4) is 0 Å². The summed E-state index contributed by atoms with van der Waals surface area (Å²) in [5.41, 5.74) is 0.874. The molecule has 0 fully saturated rings. The number of nitriles is 2. The van der Waals surface area contributed by atoms with Gasteiger partial charge in [-0.1, -0.05) is 11.2 Å². The summed E-state index contributed by atoms with van der Waals surface area (Å²) in [6, 6.07) is 10.2. The Hall–Kier alpha value is -2.96. The molecule has 0 atom stereocenters. The highest BCUT2D eigenvalue weighted by molar-refractivity contribution is 7.12. The molecule has 94 valence electrons. The third kappa shape index (κ3) is 1.76. The van der Waals surface area contributed by atoms with Crippen molar-refractivity contribution in [1.29, 1.82) is 10.5 Å². The highest BCUT2D eigenvalue weighted by Crippen LogP contribution is 2.25. The number of aromatic nitrogens is 1. The Morgan fingerprint density at radius 1 is 1.25 bits per heavy atom. The van der Waals surface area contributed by atoms with E-state index >= 15 is 0 Å². The van der Waals surface area contributed by atoms with Gasteiger partial charge in [0.25, 0.3) is 0 Å². The smallest absolute Gasteiger partial charge is 0.225 e. The first-order valence-electron chi connectivity index (χ1n) is 5.56. The van der Waals surface area contributed by atoms with Crippen LogP contribution in [0.4, 0.5) is 0 Å². The van der Waals surface area contributed by atoms with Gasteiger partial charge in [-0.05, 0) is 17.5 Å². The van der Waals surface area contributed by atoms with Crippen molar-refractivity contribution in [3.8, 4) is 12.1 Å². The lowest BCUT2D eigenvalue weighted by Crippen LogP contribution is -1.99. The molecule has 0 saturated heterocycles. The molecule has 1 aromatic carbocycles. The zero-order chi connectivity index (χ0) is 14.1. The molecular formula is C14H5N3O2S. The Kier molecular flexibility index (Phi) is 2.79. The molecule has 20 heavy (non-hydrogen) atoms. The molecule has 0 spiro atoms. The molecule has 0 N–H and O–H groups in total. The summed E-state index contributed by atoms with van der Waals surface area (Å²) in [6.45, 7) is 0. The van der Waals surface area contributed by atoms with Crippen molar-refractivity contribution < 1.29 is 9.32 Å². The normalized spacial score (nSPS) is 10.1. The largest absolute Gasteiger partial charge is 0.355 e. The average Bonchev–Trinajstić information content (AvgIpc) is 3.14. The number of thiophene rings is 1. The molecule has 0 bridgehead atoms. The fourth-order valence-electron chi connectivity index (χ4n) is 1.86. The third-order valence-corrected chi connectivity index (χ3v) is 3.68. The van der Waals surface area contributed by atoms with E-state index in [4.69, 9.17) is 15.0 Å². The molecule has 5 nitrogen and oxygen atoms in total. The van der Waals surface area contributed by atoms with Crippen LogP contribution in [0.1, 0.15) is 26.5 Å². The van der Waals surface area contributed by atoms with E-state index in [1.54, 1.807) is 17.5 Å². The molecule has 0 unspecified atom stereocenters. The lowest BCUT2D eigenvalue weighted by atomic mass is 10.0. The van der Waals surface area contributed by atoms with Gasteiger partial charge in [0, 0.05) is 6.07 Å². The van der Waals surface area contributed by atoms with E-state index in [1.165, 1.54) is 23.5 Å². The summed E-state index contributed by atoms with van der Waals surface area (Å²) in [4.78, 5) is 12.8. The van der Waals surface area contributed by atoms with E-state index in [1.807, 2.05) is 12.1 Å². The molecule has 0 radical (unpaired) electrons. The third-order valence-electron chi connectivity index (χ3n) is 2.81. The Balaban J connectivity index is 2.22. The number of rotatable bonds is 2. The Bertz CT molecular complexity index is 895. The molecule has 0 aliphatic carbocycles. The van der Waals surface area contributed by atoms with Crippen molar-refractivity contribution in [2.45, 2.75) is 0 Å². The number of nitrogens with zero attached hydrogens (tertiary/aromatic N) is 3. The first-order chi connectivity index (χ1) is 9.74. The molecule has 0 aliphatic rings. The van der Waals surface area contributed by atoms with Gasteiger partial charge < -0.3 is 4.52 Å². The molecule has 6 heteroatoms. The molecule has 0 aliphatic heterocycles. The van der Waals surface area contributed by atoms with Crippen molar-refractivity contribution in [2.75, 3.05) is 0 Å². The van der Waals surface area contributed by atoms with Crippen LogP contribution >= 0.6 is 11.3 Å². The van der Waals surface area contributed by atoms with Crippen LogP contribution < -0.4 is 0 Å². The number of hydrogen-bond donors (Lipinski definition) is 0. The quantitative estimate of drug-likeness (QED) is 0.673. The Morgan fingerprint density at radius 3 is 2.65 bits per heavy atom. The van der Waals surface area contributed by atoms with Gasteiger partial charge in [0.1, 0.15) is 12.1 Å². The van der Waals surface area contributed by atoms with Crippen molar-refractivity contribution in [2.24, 2.45) is 0 Å². The fourth-order valence-corrected chi connectivity index (χ4v) is 2.52. The number of fused-ring (bicyclic) bond motifs is 1.